The number of rotatable bonds is 6. The van der Waals surface area contributed by atoms with Crippen LogP contribution in [0.15, 0.2) is 0 Å². The van der Waals surface area contributed by atoms with Gasteiger partial charge in [-0.3, -0.25) is 9.69 Å². The van der Waals surface area contributed by atoms with Crippen LogP contribution in [0.5, 0.6) is 0 Å². The summed E-state index contributed by atoms with van der Waals surface area (Å²) in [6, 6.07) is -0.263. The summed E-state index contributed by atoms with van der Waals surface area (Å²) in [6.45, 7) is 13.3. The average molecular weight is 710 g/mol. The number of aliphatic hydroxyl groups excluding tert-OH is 3. The zero-order valence-corrected chi connectivity index (χ0v) is 30.5. The largest absolute Gasteiger partial charge is 0.456 e. The summed E-state index contributed by atoms with van der Waals surface area (Å²) in [5.74, 6) is -8.72. The molecule has 3 heterocycles. The quantitative estimate of drug-likeness (QED) is 0.188. The van der Waals surface area contributed by atoms with E-state index >= 15 is 0 Å². The molecule has 7 fully saturated rings. The Labute approximate surface area is 294 Å². The fraction of sp³-hybridized carbons (Fsp3) is 0.946. The first kappa shape index (κ1) is 36.9. The van der Waals surface area contributed by atoms with Gasteiger partial charge in [0, 0.05) is 30.5 Å². The van der Waals surface area contributed by atoms with E-state index in [1.54, 1.807) is 20.8 Å². The fourth-order valence-corrected chi connectivity index (χ4v) is 12.5. The van der Waals surface area contributed by atoms with Crippen LogP contribution in [0.25, 0.3) is 0 Å². The molecule has 4 bridgehead atoms. The van der Waals surface area contributed by atoms with Crippen molar-refractivity contribution < 1.29 is 59.5 Å². The predicted molar refractivity (Wildman–Crippen MR) is 176 cm³/mol. The second kappa shape index (κ2) is 11.5. The number of hydrogen-bond acceptors (Lipinski definition) is 13. The Morgan fingerprint density at radius 3 is 2.28 bits per heavy atom. The predicted octanol–water partition coefficient (Wildman–Crippen LogP) is 0.466. The first-order valence-corrected chi connectivity index (χ1v) is 19.0. The van der Waals surface area contributed by atoms with Crippen molar-refractivity contribution in [3.8, 4) is 0 Å². The van der Waals surface area contributed by atoms with E-state index in [2.05, 4.69) is 11.8 Å². The number of fused-ring (bicyclic) bond motifs is 5. The van der Waals surface area contributed by atoms with Crippen molar-refractivity contribution in [1.82, 2.24) is 4.90 Å². The Morgan fingerprint density at radius 1 is 0.980 bits per heavy atom. The summed E-state index contributed by atoms with van der Waals surface area (Å²) in [5.41, 5.74) is -8.00. The summed E-state index contributed by atoms with van der Waals surface area (Å²) in [7, 11) is 0. The van der Waals surface area contributed by atoms with Crippen molar-refractivity contribution >= 4 is 11.9 Å². The minimum Gasteiger partial charge on any atom is -0.456 e. The lowest BCUT2D eigenvalue weighted by Crippen LogP contribution is -2.78. The summed E-state index contributed by atoms with van der Waals surface area (Å²) >= 11 is 0. The number of ether oxygens (including phenoxy) is 3. The third-order valence-corrected chi connectivity index (χ3v) is 15.4. The number of carbonyl (C=O) groups excluding carboxylic acids is 2. The van der Waals surface area contributed by atoms with Crippen molar-refractivity contribution in [2.45, 2.75) is 158 Å². The normalized spacial score (nSPS) is 55.5. The van der Waals surface area contributed by atoms with E-state index in [0.29, 0.717) is 18.9 Å². The molecule has 7 aliphatic rings. The standard InChI is InChI=1S/C37H59NO12/c1-8-18(4)30(42)49-29-24(39)23-19(16-38-15-17(3)10-11-21(38)34(23,7)45)20-14-35-28(36(20,29)46)26(41)25(40)27-32(35,5)13-12-22(37(27,47)50-35)48-31(43)33(6,44)9-2/h17-29,39-41,44-47H,8-16H2,1-7H3. The Bertz CT molecular complexity index is 1390. The first-order chi connectivity index (χ1) is 23.2. The molecule has 3 aliphatic heterocycles. The third kappa shape index (κ3) is 4.50. The monoisotopic (exact) mass is 709 g/mol. The lowest BCUT2D eigenvalue weighted by molar-refractivity contribution is -0.301. The molecule has 0 amide bonds. The molecule has 19 unspecified atom stereocenters. The number of hydrogen-bond donors (Lipinski definition) is 7. The van der Waals surface area contributed by atoms with E-state index in [4.69, 9.17) is 14.2 Å². The van der Waals surface area contributed by atoms with Gasteiger partial charge in [-0.05, 0) is 76.5 Å². The Hall–Kier alpha value is -1.42. The Balaban J connectivity index is 1.37. The molecular formula is C37H59NO12. The maximum atomic E-state index is 13.5. The van der Waals surface area contributed by atoms with Gasteiger partial charge in [0.25, 0.3) is 0 Å². The molecule has 284 valence electrons. The third-order valence-electron chi connectivity index (χ3n) is 15.4. The maximum Gasteiger partial charge on any atom is 0.338 e. The van der Waals surface area contributed by atoms with E-state index < -0.39 is 112 Å². The van der Waals surface area contributed by atoms with Gasteiger partial charge in [-0.2, -0.15) is 0 Å². The zero-order valence-electron chi connectivity index (χ0n) is 30.5. The number of aliphatic hydroxyl groups is 7. The van der Waals surface area contributed by atoms with Crippen LogP contribution in [0, 0.1) is 46.8 Å². The molecule has 0 aromatic rings. The average Bonchev–Trinajstić information content (AvgIpc) is 3.36. The van der Waals surface area contributed by atoms with E-state index in [-0.39, 0.29) is 31.7 Å². The van der Waals surface area contributed by atoms with E-state index in [1.165, 1.54) is 6.92 Å². The van der Waals surface area contributed by atoms with Crippen LogP contribution in [0.3, 0.4) is 0 Å². The molecule has 3 saturated heterocycles. The first-order valence-electron chi connectivity index (χ1n) is 19.0. The minimum absolute atomic E-state index is 0.0586. The molecule has 19 atom stereocenters. The van der Waals surface area contributed by atoms with Gasteiger partial charge in [-0.25, -0.2) is 4.79 Å². The van der Waals surface area contributed by atoms with Gasteiger partial charge in [0.15, 0.2) is 17.8 Å². The topological polar surface area (TPSA) is 207 Å². The van der Waals surface area contributed by atoms with E-state index in [9.17, 15) is 45.3 Å². The summed E-state index contributed by atoms with van der Waals surface area (Å²) < 4.78 is 18.7. The van der Waals surface area contributed by atoms with Crippen LogP contribution in [0.1, 0.15) is 93.4 Å². The number of nitrogens with zero attached hydrogens (tertiary/aromatic N) is 1. The Kier molecular flexibility index (Phi) is 8.52. The van der Waals surface area contributed by atoms with Crippen LogP contribution in [0.4, 0.5) is 0 Å². The van der Waals surface area contributed by atoms with Crippen LogP contribution >= 0.6 is 0 Å². The fourth-order valence-electron chi connectivity index (χ4n) is 12.5. The van der Waals surface area contributed by atoms with Gasteiger partial charge in [0.2, 0.25) is 5.79 Å². The van der Waals surface area contributed by atoms with Gasteiger partial charge in [0.1, 0.15) is 5.60 Å². The molecule has 1 spiro atoms. The zero-order chi connectivity index (χ0) is 36.7. The second-order valence-corrected chi connectivity index (χ2v) is 18.1. The molecule has 4 aliphatic carbocycles. The van der Waals surface area contributed by atoms with Crippen molar-refractivity contribution in [2.24, 2.45) is 46.8 Å². The van der Waals surface area contributed by atoms with Gasteiger partial charge in [-0.15, -0.1) is 0 Å². The van der Waals surface area contributed by atoms with Crippen molar-refractivity contribution in [3.05, 3.63) is 0 Å². The summed E-state index contributed by atoms with van der Waals surface area (Å²) in [5, 5.41) is 85.4. The number of carbonyl (C=O) groups is 2. The number of esters is 2. The van der Waals surface area contributed by atoms with Gasteiger partial charge in [0.05, 0.1) is 47.3 Å². The van der Waals surface area contributed by atoms with Crippen molar-refractivity contribution in [2.75, 3.05) is 13.1 Å². The summed E-state index contributed by atoms with van der Waals surface area (Å²) in [6.07, 6.45) is -5.18. The Morgan fingerprint density at radius 2 is 1.64 bits per heavy atom. The molecule has 4 saturated carbocycles. The minimum atomic E-state index is -2.29. The van der Waals surface area contributed by atoms with Crippen molar-refractivity contribution in [1.29, 1.82) is 0 Å². The molecule has 0 aromatic carbocycles. The highest BCUT2D eigenvalue weighted by Crippen LogP contribution is 2.77. The highest BCUT2D eigenvalue weighted by molar-refractivity contribution is 5.79. The molecule has 13 heteroatoms. The molecule has 50 heavy (non-hydrogen) atoms. The summed E-state index contributed by atoms with van der Waals surface area (Å²) in [4.78, 5) is 28.9. The molecule has 7 rings (SSSR count). The SMILES string of the molecule is CCC(C)C(=O)OC1C(O)C2C(CN3CC(C)CCC3C2(C)O)C2CC34OC5(O)C(OC(=O)C(C)(O)CC)CCC3(C)C5C(O)C(O)C4C21O. The molecule has 0 radical (unpaired) electrons. The van der Waals surface area contributed by atoms with Crippen LogP contribution in [-0.2, 0) is 23.8 Å². The maximum absolute atomic E-state index is 13.5. The van der Waals surface area contributed by atoms with Gasteiger partial charge >= 0.3 is 11.9 Å². The smallest absolute Gasteiger partial charge is 0.338 e. The van der Waals surface area contributed by atoms with Gasteiger partial charge < -0.3 is 50.0 Å². The van der Waals surface area contributed by atoms with E-state index in [0.717, 1.165) is 19.4 Å². The molecule has 7 N–H and O–H groups in total. The van der Waals surface area contributed by atoms with Crippen LogP contribution in [0.2, 0.25) is 0 Å². The lowest BCUT2D eigenvalue weighted by atomic mass is 9.48. The van der Waals surface area contributed by atoms with Crippen molar-refractivity contribution in [3.63, 3.8) is 0 Å². The number of piperidine rings is 2. The van der Waals surface area contributed by atoms with Crippen LogP contribution < -0.4 is 0 Å². The molecule has 0 aromatic heterocycles. The molecule has 13 nitrogen and oxygen atoms in total. The highest BCUT2D eigenvalue weighted by atomic mass is 16.7. The van der Waals surface area contributed by atoms with Crippen LogP contribution in [-0.4, -0.2) is 130 Å². The van der Waals surface area contributed by atoms with Gasteiger partial charge in [-0.1, -0.05) is 34.6 Å². The second-order valence-electron chi connectivity index (χ2n) is 18.1. The molecular weight excluding hydrogens is 650 g/mol. The lowest BCUT2D eigenvalue weighted by Gasteiger charge is -2.64. The van der Waals surface area contributed by atoms with E-state index in [1.807, 2.05) is 13.8 Å². The highest BCUT2D eigenvalue weighted by Gasteiger charge is 2.89.